The van der Waals surface area contributed by atoms with Crippen LogP contribution in [0.1, 0.15) is 43.5 Å². The lowest BCUT2D eigenvalue weighted by Gasteiger charge is -2.19. The first-order valence-electron chi connectivity index (χ1n) is 6.75. The van der Waals surface area contributed by atoms with Crippen LogP contribution in [0.5, 0.6) is 0 Å². The van der Waals surface area contributed by atoms with Crippen molar-refractivity contribution in [2.75, 3.05) is 5.32 Å². The van der Waals surface area contributed by atoms with Gasteiger partial charge in [0.1, 0.15) is 0 Å². The molecule has 1 aliphatic carbocycles. The zero-order chi connectivity index (χ0) is 15.8. The van der Waals surface area contributed by atoms with Crippen molar-refractivity contribution in [3.63, 3.8) is 0 Å². The average molecular weight is 312 g/mol. The van der Waals surface area contributed by atoms with Gasteiger partial charge >= 0.3 is 5.97 Å². The summed E-state index contributed by atoms with van der Waals surface area (Å²) in [6.07, 6.45) is 2.98. The fraction of sp³-hybridized carbons (Fsp3) is 0.500. The van der Waals surface area contributed by atoms with Gasteiger partial charge in [-0.05, 0) is 42.9 Å². The van der Waals surface area contributed by atoms with E-state index in [-0.39, 0.29) is 21.9 Å². The molecule has 1 saturated carbocycles. The summed E-state index contributed by atoms with van der Waals surface area (Å²) in [6.45, 7) is 4.35. The molecule has 0 amide bonds. The van der Waals surface area contributed by atoms with Crippen LogP contribution in [0.3, 0.4) is 0 Å². The third-order valence-corrected chi connectivity index (χ3v) is 4.79. The Balaban J connectivity index is 2.30. The Labute approximate surface area is 124 Å². The van der Waals surface area contributed by atoms with Gasteiger partial charge in [0.2, 0.25) is 10.0 Å². The highest BCUT2D eigenvalue weighted by Gasteiger charge is 2.31. The first-order valence-corrected chi connectivity index (χ1v) is 8.30. The molecule has 21 heavy (non-hydrogen) atoms. The van der Waals surface area contributed by atoms with Crippen molar-refractivity contribution in [3.05, 3.63) is 23.8 Å². The van der Waals surface area contributed by atoms with E-state index >= 15 is 0 Å². The molecular weight excluding hydrogens is 292 g/mol. The number of primary sulfonamides is 1. The topological polar surface area (TPSA) is 109 Å². The lowest BCUT2D eigenvalue weighted by molar-refractivity contribution is 0.0697. The van der Waals surface area contributed by atoms with E-state index in [1.54, 1.807) is 0 Å². The molecule has 7 heteroatoms. The number of nitrogens with two attached hydrogens (primary N) is 1. The molecule has 0 heterocycles. The summed E-state index contributed by atoms with van der Waals surface area (Å²) in [4.78, 5) is 11.1. The zero-order valence-corrected chi connectivity index (χ0v) is 12.9. The van der Waals surface area contributed by atoms with Crippen molar-refractivity contribution >= 4 is 21.7 Å². The fourth-order valence-electron chi connectivity index (χ4n) is 2.78. The third kappa shape index (κ3) is 3.74. The van der Waals surface area contributed by atoms with Gasteiger partial charge in [-0.1, -0.05) is 13.8 Å². The maximum absolute atomic E-state index is 11.3. The highest BCUT2D eigenvalue weighted by atomic mass is 32.2. The van der Waals surface area contributed by atoms with Crippen molar-refractivity contribution in [1.82, 2.24) is 0 Å². The van der Waals surface area contributed by atoms with E-state index in [0.29, 0.717) is 5.69 Å². The van der Waals surface area contributed by atoms with Crippen molar-refractivity contribution in [2.24, 2.45) is 10.6 Å². The second-order valence-corrected chi connectivity index (χ2v) is 7.87. The zero-order valence-electron chi connectivity index (χ0n) is 12.1. The number of sulfonamides is 1. The van der Waals surface area contributed by atoms with Gasteiger partial charge in [0.05, 0.1) is 10.5 Å². The molecule has 1 atom stereocenters. The molecule has 6 nitrogen and oxygen atoms in total. The van der Waals surface area contributed by atoms with Gasteiger partial charge in [0.25, 0.3) is 0 Å². The maximum atomic E-state index is 11.3. The van der Waals surface area contributed by atoms with Crippen molar-refractivity contribution in [3.8, 4) is 0 Å². The van der Waals surface area contributed by atoms with Crippen LogP contribution in [0.15, 0.2) is 23.1 Å². The van der Waals surface area contributed by atoms with Gasteiger partial charge in [-0.2, -0.15) is 0 Å². The quantitative estimate of drug-likeness (QED) is 0.788. The van der Waals surface area contributed by atoms with Gasteiger partial charge in [-0.15, -0.1) is 0 Å². The normalized spacial score (nSPS) is 21.2. The molecule has 0 radical (unpaired) electrons. The van der Waals surface area contributed by atoms with Gasteiger partial charge in [-0.25, -0.2) is 18.4 Å². The number of hydrogen-bond acceptors (Lipinski definition) is 4. The molecule has 0 aromatic heterocycles. The SMILES string of the molecule is CC1(C)CCC(Nc2ccc(S(N)(=O)=O)cc2C(=O)O)C1. The Morgan fingerprint density at radius 2 is 2.10 bits per heavy atom. The van der Waals surface area contributed by atoms with Crippen LogP contribution in [0.4, 0.5) is 5.69 Å². The molecular formula is C14H20N2O4S. The number of hydrogen-bond donors (Lipinski definition) is 3. The maximum Gasteiger partial charge on any atom is 0.337 e. The number of aromatic carboxylic acids is 1. The predicted octanol–water partition coefficient (Wildman–Crippen LogP) is 2.02. The van der Waals surface area contributed by atoms with E-state index in [2.05, 4.69) is 19.2 Å². The van der Waals surface area contributed by atoms with Crippen LogP contribution in [0, 0.1) is 5.41 Å². The van der Waals surface area contributed by atoms with Crippen LogP contribution in [0.25, 0.3) is 0 Å². The van der Waals surface area contributed by atoms with E-state index in [1.165, 1.54) is 12.1 Å². The summed E-state index contributed by atoms with van der Waals surface area (Å²) in [7, 11) is -3.91. The Hall–Kier alpha value is -1.60. The number of carboxylic acid groups (broad SMARTS) is 1. The monoisotopic (exact) mass is 312 g/mol. The molecule has 0 spiro atoms. The van der Waals surface area contributed by atoms with Gasteiger partial charge < -0.3 is 10.4 Å². The second-order valence-electron chi connectivity index (χ2n) is 6.31. The van der Waals surface area contributed by atoms with Crippen LogP contribution in [-0.2, 0) is 10.0 Å². The van der Waals surface area contributed by atoms with E-state index < -0.39 is 16.0 Å². The van der Waals surface area contributed by atoms with Crippen molar-refractivity contribution < 1.29 is 18.3 Å². The van der Waals surface area contributed by atoms with Crippen molar-refractivity contribution in [1.29, 1.82) is 0 Å². The molecule has 1 aromatic carbocycles. The molecule has 116 valence electrons. The standard InChI is InChI=1S/C14H20N2O4S/c1-14(2)6-5-9(8-14)16-12-4-3-10(21(15,19)20)7-11(12)13(17)18/h3-4,7,9,16H,5-6,8H2,1-2H3,(H,17,18)(H2,15,19,20). The molecule has 1 fully saturated rings. The van der Waals surface area contributed by atoms with Crippen molar-refractivity contribution in [2.45, 2.75) is 44.0 Å². The van der Waals surface area contributed by atoms with Crippen LogP contribution >= 0.6 is 0 Å². The first kappa shape index (κ1) is 15.8. The number of nitrogens with one attached hydrogen (secondary N) is 1. The third-order valence-electron chi connectivity index (χ3n) is 3.88. The second kappa shape index (κ2) is 5.31. The van der Waals surface area contributed by atoms with Crippen LogP contribution in [-0.4, -0.2) is 25.5 Å². The Bertz CT molecular complexity index is 668. The van der Waals surface area contributed by atoms with Gasteiger partial charge in [0.15, 0.2) is 0 Å². The largest absolute Gasteiger partial charge is 0.478 e. The average Bonchev–Trinajstić information content (AvgIpc) is 2.67. The Morgan fingerprint density at radius 1 is 1.43 bits per heavy atom. The Kier molecular flexibility index (Phi) is 3.99. The van der Waals surface area contributed by atoms with E-state index in [9.17, 15) is 18.3 Å². The Morgan fingerprint density at radius 3 is 2.57 bits per heavy atom. The summed E-state index contributed by atoms with van der Waals surface area (Å²) in [5.41, 5.74) is 0.588. The lowest BCUT2D eigenvalue weighted by atomic mass is 9.92. The smallest absolute Gasteiger partial charge is 0.337 e. The number of carboxylic acids is 1. The molecule has 1 aliphatic rings. The minimum atomic E-state index is -3.91. The molecule has 0 aliphatic heterocycles. The lowest BCUT2D eigenvalue weighted by Crippen LogP contribution is -2.20. The number of anilines is 1. The van der Waals surface area contributed by atoms with E-state index in [4.69, 9.17) is 5.14 Å². The molecule has 0 bridgehead atoms. The number of carbonyl (C=O) groups is 1. The molecule has 4 N–H and O–H groups in total. The summed E-state index contributed by atoms with van der Waals surface area (Å²) in [5, 5.41) is 17.5. The first-order chi connectivity index (χ1) is 9.58. The fourth-order valence-corrected chi connectivity index (χ4v) is 3.32. The summed E-state index contributed by atoms with van der Waals surface area (Å²) < 4.78 is 22.6. The molecule has 2 rings (SSSR count). The highest BCUT2D eigenvalue weighted by molar-refractivity contribution is 7.89. The summed E-state index contributed by atoms with van der Waals surface area (Å²) in [6, 6.07) is 4.08. The molecule has 1 unspecified atom stereocenters. The number of rotatable bonds is 4. The minimum Gasteiger partial charge on any atom is -0.478 e. The molecule has 0 saturated heterocycles. The van der Waals surface area contributed by atoms with Crippen LogP contribution in [0.2, 0.25) is 0 Å². The van der Waals surface area contributed by atoms with E-state index in [0.717, 1.165) is 25.3 Å². The summed E-state index contributed by atoms with van der Waals surface area (Å²) in [5.74, 6) is -1.18. The van der Waals surface area contributed by atoms with Gasteiger partial charge in [-0.3, -0.25) is 0 Å². The van der Waals surface area contributed by atoms with Gasteiger partial charge in [0, 0.05) is 11.7 Å². The van der Waals surface area contributed by atoms with E-state index in [1.807, 2.05) is 0 Å². The number of benzene rings is 1. The molecule has 1 aromatic rings. The summed E-state index contributed by atoms with van der Waals surface area (Å²) >= 11 is 0. The minimum absolute atomic E-state index is 0.0776. The van der Waals surface area contributed by atoms with Crippen LogP contribution < -0.4 is 10.5 Å². The highest BCUT2D eigenvalue weighted by Crippen LogP contribution is 2.38. The predicted molar refractivity (Wildman–Crippen MR) is 79.8 cm³/mol.